The van der Waals surface area contributed by atoms with Gasteiger partial charge in [0.05, 0.1) is 3.79 Å². The third kappa shape index (κ3) is 3.62. The van der Waals surface area contributed by atoms with Gasteiger partial charge in [-0.1, -0.05) is 22.9 Å². The van der Waals surface area contributed by atoms with Crippen LogP contribution in [-0.4, -0.2) is 19.8 Å². The molecule has 0 fully saturated rings. The zero-order chi connectivity index (χ0) is 10.8. The van der Waals surface area contributed by atoms with Crippen LogP contribution in [0.1, 0.15) is 6.92 Å². The molecule has 3 nitrogen and oxygen atoms in total. The van der Waals surface area contributed by atoms with Crippen molar-refractivity contribution in [1.82, 2.24) is 4.72 Å². The summed E-state index contributed by atoms with van der Waals surface area (Å²) in [6.07, 6.45) is 0. The van der Waals surface area contributed by atoms with Crippen LogP contribution in [0.4, 0.5) is 0 Å². The van der Waals surface area contributed by atoms with E-state index in [2.05, 4.69) is 36.6 Å². The van der Waals surface area contributed by atoms with Crippen LogP contribution in [-0.2, 0) is 10.0 Å². The number of hydrogen-bond acceptors (Lipinski definition) is 3. The SMILES string of the molecule is CC(Br)CNS(=O)(=O)c1ccc(Br)s1. The van der Waals surface area contributed by atoms with Crippen molar-refractivity contribution in [2.45, 2.75) is 16.0 Å². The average Bonchev–Trinajstić information content (AvgIpc) is 2.49. The highest BCUT2D eigenvalue weighted by molar-refractivity contribution is 9.11. The molecule has 1 unspecified atom stereocenters. The Balaban J connectivity index is 2.76. The maximum atomic E-state index is 11.6. The normalized spacial score (nSPS) is 14.2. The Kier molecular flexibility index (Phi) is 4.57. The number of thiophene rings is 1. The maximum absolute atomic E-state index is 11.6. The number of sulfonamides is 1. The van der Waals surface area contributed by atoms with E-state index in [1.54, 1.807) is 12.1 Å². The lowest BCUT2D eigenvalue weighted by Crippen LogP contribution is -2.27. The molecule has 0 saturated heterocycles. The Hall–Kier alpha value is 0.570. The summed E-state index contributed by atoms with van der Waals surface area (Å²) in [4.78, 5) is 0.126. The van der Waals surface area contributed by atoms with E-state index in [1.807, 2.05) is 6.92 Å². The number of rotatable bonds is 4. The van der Waals surface area contributed by atoms with E-state index in [0.717, 1.165) is 3.79 Å². The molecule has 0 amide bonds. The zero-order valence-corrected chi connectivity index (χ0v) is 12.1. The molecule has 7 heteroatoms. The first kappa shape index (κ1) is 12.6. The summed E-state index contributed by atoms with van der Waals surface area (Å²) in [5, 5.41) is 0. The van der Waals surface area contributed by atoms with Gasteiger partial charge in [-0.25, -0.2) is 13.1 Å². The van der Waals surface area contributed by atoms with Crippen molar-refractivity contribution in [3.8, 4) is 0 Å². The van der Waals surface area contributed by atoms with Gasteiger partial charge in [0.1, 0.15) is 4.21 Å². The Bertz CT molecular complexity index is 400. The molecule has 0 aromatic carbocycles. The van der Waals surface area contributed by atoms with Gasteiger partial charge in [-0.05, 0) is 28.1 Å². The predicted octanol–water partition coefficient (Wildman–Crippen LogP) is 2.57. The monoisotopic (exact) mass is 361 g/mol. The summed E-state index contributed by atoms with van der Waals surface area (Å²) < 4.78 is 26.9. The van der Waals surface area contributed by atoms with Gasteiger partial charge >= 0.3 is 0 Å². The molecule has 1 rings (SSSR count). The molecule has 1 heterocycles. The van der Waals surface area contributed by atoms with Crippen molar-refractivity contribution in [3.05, 3.63) is 15.9 Å². The predicted molar refractivity (Wildman–Crippen MR) is 65.6 cm³/mol. The highest BCUT2D eigenvalue weighted by atomic mass is 79.9. The van der Waals surface area contributed by atoms with Crippen LogP contribution < -0.4 is 4.72 Å². The molecule has 0 aliphatic carbocycles. The molecule has 80 valence electrons. The van der Waals surface area contributed by atoms with Gasteiger partial charge < -0.3 is 0 Å². The molecule has 1 aromatic heterocycles. The maximum Gasteiger partial charge on any atom is 0.250 e. The average molecular weight is 363 g/mol. The first-order chi connectivity index (χ1) is 6.42. The van der Waals surface area contributed by atoms with Crippen molar-refractivity contribution in [1.29, 1.82) is 0 Å². The Labute approximate surface area is 104 Å². The van der Waals surface area contributed by atoms with Gasteiger partial charge in [0.2, 0.25) is 10.0 Å². The Morgan fingerprint density at radius 3 is 2.64 bits per heavy atom. The van der Waals surface area contributed by atoms with E-state index >= 15 is 0 Å². The quantitative estimate of drug-likeness (QED) is 0.836. The van der Waals surface area contributed by atoms with Gasteiger partial charge in [0.15, 0.2) is 0 Å². The molecule has 0 aliphatic rings. The van der Waals surface area contributed by atoms with Crippen molar-refractivity contribution >= 4 is 53.2 Å². The minimum atomic E-state index is -3.33. The summed E-state index contributed by atoms with van der Waals surface area (Å²) in [6, 6.07) is 3.30. The van der Waals surface area contributed by atoms with Crippen LogP contribution in [0.25, 0.3) is 0 Å². The van der Waals surface area contributed by atoms with Gasteiger partial charge in [-0.3, -0.25) is 0 Å². The number of alkyl halides is 1. The van der Waals surface area contributed by atoms with Gasteiger partial charge in [0.25, 0.3) is 0 Å². The van der Waals surface area contributed by atoms with Gasteiger partial charge in [-0.2, -0.15) is 0 Å². The van der Waals surface area contributed by atoms with Crippen LogP contribution in [0.3, 0.4) is 0 Å². The lowest BCUT2D eigenvalue weighted by molar-refractivity contribution is 0.584. The van der Waals surface area contributed by atoms with E-state index in [9.17, 15) is 8.42 Å². The highest BCUT2D eigenvalue weighted by Crippen LogP contribution is 2.25. The van der Waals surface area contributed by atoms with Gasteiger partial charge in [0, 0.05) is 11.4 Å². The van der Waals surface area contributed by atoms with E-state index in [4.69, 9.17) is 0 Å². The standard InChI is InChI=1S/C7H9Br2NO2S2/c1-5(8)4-10-14(11,12)7-3-2-6(9)13-7/h2-3,5,10H,4H2,1H3. The molecule has 0 aliphatic heterocycles. The highest BCUT2D eigenvalue weighted by Gasteiger charge is 2.16. The van der Waals surface area contributed by atoms with E-state index in [-0.39, 0.29) is 4.83 Å². The summed E-state index contributed by atoms with van der Waals surface area (Å²) in [7, 11) is -3.33. The van der Waals surface area contributed by atoms with Crippen LogP contribution in [0.5, 0.6) is 0 Å². The number of hydrogen-bond donors (Lipinski definition) is 1. The molecule has 1 aromatic rings. The van der Waals surface area contributed by atoms with Crippen LogP contribution in [0.15, 0.2) is 20.1 Å². The zero-order valence-electron chi connectivity index (χ0n) is 7.33. The molecular weight excluding hydrogens is 354 g/mol. The second-order valence-electron chi connectivity index (χ2n) is 2.69. The Morgan fingerprint density at radius 1 is 1.57 bits per heavy atom. The molecule has 0 spiro atoms. The molecule has 0 saturated carbocycles. The molecule has 1 N–H and O–H groups in total. The summed E-state index contributed by atoms with van der Waals surface area (Å²) in [5.41, 5.74) is 0. The van der Waals surface area contributed by atoms with Crippen molar-refractivity contribution in [3.63, 3.8) is 0 Å². The van der Waals surface area contributed by atoms with Crippen LogP contribution >= 0.6 is 43.2 Å². The van der Waals surface area contributed by atoms with E-state index in [0.29, 0.717) is 10.8 Å². The lowest BCUT2D eigenvalue weighted by atomic mass is 10.5. The molecule has 0 bridgehead atoms. The fourth-order valence-corrected chi connectivity index (χ4v) is 4.30. The molecular formula is C7H9Br2NO2S2. The second-order valence-corrected chi connectivity index (χ2v) is 8.71. The summed E-state index contributed by atoms with van der Waals surface area (Å²) in [5.74, 6) is 0. The third-order valence-electron chi connectivity index (χ3n) is 1.37. The minimum Gasteiger partial charge on any atom is -0.209 e. The van der Waals surface area contributed by atoms with Crippen molar-refractivity contribution in [2.75, 3.05) is 6.54 Å². The number of nitrogens with one attached hydrogen (secondary N) is 1. The van der Waals surface area contributed by atoms with Crippen LogP contribution in [0, 0.1) is 0 Å². The second kappa shape index (κ2) is 5.07. The Morgan fingerprint density at radius 2 is 2.21 bits per heavy atom. The lowest BCUT2D eigenvalue weighted by Gasteiger charge is -2.05. The first-order valence-electron chi connectivity index (χ1n) is 3.81. The topological polar surface area (TPSA) is 46.2 Å². The third-order valence-corrected chi connectivity index (χ3v) is 5.23. The molecule has 14 heavy (non-hydrogen) atoms. The first-order valence-corrected chi connectivity index (χ1v) is 7.82. The minimum absolute atomic E-state index is 0.126. The van der Waals surface area contributed by atoms with Gasteiger partial charge in [-0.15, -0.1) is 11.3 Å². The van der Waals surface area contributed by atoms with E-state index in [1.165, 1.54) is 11.3 Å². The smallest absolute Gasteiger partial charge is 0.209 e. The number of halogens is 2. The van der Waals surface area contributed by atoms with Crippen molar-refractivity contribution in [2.24, 2.45) is 0 Å². The van der Waals surface area contributed by atoms with Crippen molar-refractivity contribution < 1.29 is 8.42 Å². The largest absolute Gasteiger partial charge is 0.250 e. The fraction of sp³-hybridized carbons (Fsp3) is 0.429. The summed E-state index contributed by atoms with van der Waals surface area (Å²) >= 11 is 7.69. The molecule has 0 radical (unpaired) electrons. The fourth-order valence-electron chi connectivity index (χ4n) is 0.738. The van der Waals surface area contributed by atoms with Crippen LogP contribution in [0.2, 0.25) is 0 Å². The van der Waals surface area contributed by atoms with E-state index < -0.39 is 10.0 Å². The molecule has 1 atom stereocenters. The summed E-state index contributed by atoms with van der Waals surface area (Å²) in [6.45, 7) is 2.27.